The number of carbonyl (C=O) groups is 2. The van der Waals surface area contributed by atoms with Gasteiger partial charge in [0.05, 0.1) is 16.8 Å². The lowest BCUT2D eigenvalue weighted by molar-refractivity contribution is -0.136. The molecule has 0 heterocycles. The van der Waals surface area contributed by atoms with Crippen molar-refractivity contribution >= 4 is 41.1 Å². The van der Waals surface area contributed by atoms with Gasteiger partial charge >= 0.3 is 9.06 Å². The number of alkyl halides is 1. The third-order valence-electron chi connectivity index (χ3n) is 3.88. The van der Waals surface area contributed by atoms with Crippen LogP contribution in [0.1, 0.15) is 11.1 Å². The lowest BCUT2D eigenvalue weighted by Gasteiger charge is -2.17. The number of hydrogen-bond donors (Lipinski definition) is 1. The van der Waals surface area contributed by atoms with Gasteiger partial charge in [-0.25, -0.2) is 8.42 Å². The van der Waals surface area contributed by atoms with Crippen LogP contribution in [0, 0.1) is 6.92 Å². The summed E-state index contributed by atoms with van der Waals surface area (Å²) in [7, 11) is -9.87. The first-order valence-electron chi connectivity index (χ1n) is 8.09. The smallest absolute Gasteiger partial charge is 0.289 e. The molecule has 0 aliphatic rings. The molecule has 150 valence electrons. The quantitative estimate of drug-likeness (QED) is 0.357. The van der Waals surface area contributed by atoms with Gasteiger partial charge in [-0.2, -0.15) is 13.1 Å². The van der Waals surface area contributed by atoms with E-state index >= 15 is 0 Å². The Bertz CT molecular complexity index is 1060. The number of aryl methyl sites for hydroxylation is 1. The lowest BCUT2D eigenvalue weighted by atomic mass is 10.0. The van der Waals surface area contributed by atoms with Crippen LogP contribution in [0.15, 0.2) is 59.5 Å². The molecule has 0 amide bonds. The molecule has 0 bridgehead atoms. The largest absolute Gasteiger partial charge is 0.322 e. The molecule has 0 spiro atoms. The minimum atomic E-state index is -5.03. The Morgan fingerprint density at radius 2 is 1.54 bits per heavy atom. The average molecular weight is 444 g/mol. The summed E-state index contributed by atoms with van der Waals surface area (Å²) in [5.74, 6) is -2.77. The average Bonchev–Trinajstić information content (AvgIpc) is 2.67. The standard InChI is InChI=1S/C18H18ClNO6S2/c1-13-7-9-15(10-8-13)27(23,24)28(25,26)20-16(18(22)17(21)12-19)11-14-5-3-2-4-6-14/h2-10,16,20H,11-12H2,1H3/t16-/m0/s1. The second-order valence-corrected chi connectivity index (χ2v) is 11.4. The zero-order valence-corrected chi connectivity index (χ0v) is 17.2. The fourth-order valence-corrected chi connectivity index (χ4v) is 5.71. The summed E-state index contributed by atoms with van der Waals surface area (Å²) in [5, 5.41) is 0. The number of rotatable bonds is 9. The Hall–Kier alpha value is -2.07. The van der Waals surface area contributed by atoms with Gasteiger partial charge in [-0.05, 0) is 31.0 Å². The Labute approximate surface area is 168 Å². The SMILES string of the molecule is Cc1ccc(S(=O)(=O)S(=O)(=O)N[C@@H](Cc2ccccc2)C(=O)C(=O)CCl)cc1. The molecule has 0 unspecified atom stereocenters. The van der Waals surface area contributed by atoms with Crippen LogP contribution in [0.5, 0.6) is 0 Å². The molecule has 28 heavy (non-hydrogen) atoms. The zero-order valence-electron chi connectivity index (χ0n) is 14.8. The summed E-state index contributed by atoms with van der Waals surface area (Å²) in [4.78, 5) is 23.6. The van der Waals surface area contributed by atoms with Crippen LogP contribution < -0.4 is 4.72 Å². The number of halogens is 1. The number of carbonyl (C=O) groups excluding carboxylic acids is 2. The first-order valence-corrected chi connectivity index (χ1v) is 12.1. The Balaban J connectivity index is 2.39. The molecule has 0 fully saturated rings. The number of Topliss-reactive ketones (excluding diaryl/α,β-unsaturated/α-hetero) is 2. The first kappa shape index (κ1) is 22.2. The van der Waals surface area contributed by atoms with E-state index in [0.717, 1.165) is 17.7 Å². The molecule has 0 aliphatic carbocycles. The minimum Gasteiger partial charge on any atom is -0.289 e. The van der Waals surface area contributed by atoms with E-state index in [-0.39, 0.29) is 6.42 Å². The van der Waals surface area contributed by atoms with Crippen LogP contribution >= 0.6 is 11.6 Å². The van der Waals surface area contributed by atoms with E-state index < -0.39 is 46.3 Å². The van der Waals surface area contributed by atoms with Gasteiger partial charge in [-0.15, -0.1) is 11.6 Å². The first-order chi connectivity index (χ1) is 13.1. The molecular formula is C18H18ClNO6S2. The highest BCUT2D eigenvalue weighted by Gasteiger charge is 2.37. The Morgan fingerprint density at radius 1 is 0.964 bits per heavy atom. The van der Waals surface area contributed by atoms with E-state index in [1.54, 1.807) is 37.3 Å². The molecule has 0 saturated carbocycles. The van der Waals surface area contributed by atoms with Gasteiger partial charge in [0.25, 0.3) is 8.87 Å². The number of nitrogens with one attached hydrogen (secondary N) is 1. The molecule has 0 aromatic heterocycles. The predicted molar refractivity (Wildman–Crippen MR) is 105 cm³/mol. The van der Waals surface area contributed by atoms with Crippen LogP contribution in [0.4, 0.5) is 0 Å². The highest BCUT2D eigenvalue weighted by atomic mass is 35.5. The number of hydrogen-bond acceptors (Lipinski definition) is 6. The van der Waals surface area contributed by atoms with Crippen LogP contribution in [-0.4, -0.2) is 40.3 Å². The maximum Gasteiger partial charge on any atom is 0.322 e. The summed E-state index contributed by atoms with van der Waals surface area (Å²) < 4.78 is 52.1. The van der Waals surface area contributed by atoms with Gasteiger partial charge in [-0.1, -0.05) is 48.0 Å². The van der Waals surface area contributed by atoms with Crippen molar-refractivity contribution in [3.8, 4) is 0 Å². The van der Waals surface area contributed by atoms with E-state index in [2.05, 4.69) is 0 Å². The fourth-order valence-electron chi connectivity index (χ4n) is 2.37. The highest BCUT2D eigenvalue weighted by molar-refractivity contribution is 8.66. The monoisotopic (exact) mass is 443 g/mol. The highest BCUT2D eigenvalue weighted by Crippen LogP contribution is 2.18. The molecule has 0 aliphatic heterocycles. The van der Waals surface area contributed by atoms with E-state index in [9.17, 15) is 26.4 Å². The third-order valence-corrected chi connectivity index (χ3v) is 8.72. The Kier molecular flexibility index (Phi) is 7.11. The lowest BCUT2D eigenvalue weighted by Crippen LogP contribution is -2.47. The van der Waals surface area contributed by atoms with Gasteiger partial charge in [-0.3, -0.25) is 9.59 Å². The topological polar surface area (TPSA) is 114 Å². The van der Waals surface area contributed by atoms with E-state index in [1.807, 2.05) is 4.72 Å². The van der Waals surface area contributed by atoms with E-state index in [4.69, 9.17) is 11.6 Å². The van der Waals surface area contributed by atoms with Crippen LogP contribution in [0.2, 0.25) is 0 Å². The number of ketones is 2. The second kappa shape index (κ2) is 8.95. The van der Waals surface area contributed by atoms with Crippen molar-refractivity contribution in [3.05, 3.63) is 65.7 Å². The predicted octanol–water partition coefficient (Wildman–Crippen LogP) is 1.59. The van der Waals surface area contributed by atoms with Gasteiger partial charge in [0.2, 0.25) is 11.6 Å². The summed E-state index contributed by atoms with van der Waals surface area (Å²) in [6, 6.07) is 11.9. The second-order valence-electron chi connectivity index (χ2n) is 6.00. The molecule has 7 nitrogen and oxygen atoms in total. The van der Waals surface area contributed by atoms with Gasteiger partial charge in [0.15, 0.2) is 0 Å². The molecular weight excluding hydrogens is 426 g/mol. The van der Waals surface area contributed by atoms with Crippen LogP contribution in [-0.2, 0) is 33.9 Å². The van der Waals surface area contributed by atoms with Gasteiger partial charge in [0.1, 0.15) is 0 Å². The third kappa shape index (κ3) is 5.05. The molecule has 2 rings (SSSR count). The maximum absolute atomic E-state index is 12.6. The van der Waals surface area contributed by atoms with Gasteiger partial charge < -0.3 is 0 Å². The van der Waals surface area contributed by atoms with E-state index in [1.165, 1.54) is 12.1 Å². The van der Waals surface area contributed by atoms with Crippen LogP contribution in [0.3, 0.4) is 0 Å². The summed E-state index contributed by atoms with van der Waals surface area (Å²) in [5.41, 5.74) is 1.29. The molecule has 2 aromatic carbocycles. The minimum absolute atomic E-state index is 0.203. The van der Waals surface area contributed by atoms with Crippen molar-refractivity contribution < 1.29 is 26.4 Å². The summed E-state index contributed by atoms with van der Waals surface area (Å²) >= 11 is 5.40. The summed E-state index contributed by atoms with van der Waals surface area (Å²) in [6.07, 6.45) is -0.203. The van der Waals surface area contributed by atoms with Crippen molar-refractivity contribution in [1.82, 2.24) is 4.72 Å². The van der Waals surface area contributed by atoms with Gasteiger partial charge in [0, 0.05) is 0 Å². The molecule has 2 aromatic rings. The molecule has 10 heteroatoms. The maximum atomic E-state index is 12.6. The van der Waals surface area contributed by atoms with Crippen LogP contribution in [0.25, 0.3) is 0 Å². The van der Waals surface area contributed by atoms with E-state index in [0.29, 0.717) is 5.56 Å². The van der Waals surface area contributed by atoms with Crippen molar-refractivity contribution in [2.45, 2.75) is 24.3 Å². The van der Waals surface area contributed by atoms with Crippen molar-refractivity contribution in [2.75, 3.05) is 5.88 Å². The molecule has 0 radical (unpaired) electrons. The molecule has 0 saturated heterocycles. The zero-order chi connectivity index (χ0) is 20.9. The van der Waals surface area contributed by atoms with Crippen molar-refractivity contribution in [3.63, 3.8) is 0 Å². The Morgan fingerprint density at radius 3 is 2.07 bits per heavy atom. The fraction of sp³-hybridized carbons (Fsp3) is 0.222. The number of benzene rings is 2. The van der Waals surface area contributed by atoms with Crippen molar-refractivity contribution in [2.24, 2.45) is 0 Å². The molecule has 1 N–H and O–H groups in total. The normalized spacial score (nSPS) is 13.1. The van der Waals surface area contributed by atoms with Crippen molar-refractivity contribution in [1.29, 1.82) is 0 Å². The summed E-state index contributed by atoms with van der Waals surface area (Å²) in [6.45, 7) is 1.72. The molecule has 1 atom stereocenters.